The number of para-hydroxylation sites is 1. The van der Waals surface area contributed by atoms with Gasteiger partial charge >= 0.3 is 0 Å². The average molecular weight is 447 g/mol. The summed E-state index contributed by atoms with van der Waals surface area (Å²) in [4.78, 5) is 2.31. The molecule has 1 aliphatic heterocycles. The van der Waals surface area contributed by atoms with Gasteiger partial charge in [-0.15, -0.1) is 0 Å². The normalized spacial score (nSPS) is 14.5. The lowest BCUT2D eigenvalue weighted by Crippen LogP contribution is -2.38. The van der Waals surface area contributed by atoms with E-state index in [0.717, 1.165) is 56.1 Å². The third-order valence-corrected chi connectivity index (χ3v) is 6.12. The highest BCUT2D eigenvalue weighted by Gasteiger charge is 2.19. The molecule has 2 N–H and O–H groups in total. The lowest BCUT2D eigenvalue weighted by molar-refractivity contribution is 0.0634. The van der Waals surface area contributed by atoms with Crippen LogP contribution in [0.2, 0.25) is 0 Å². The minimum absolute atomic E-state index is 0.291. The van der Waals surface area contributed by atoms with Gasteiger partial charge in [0.1, 0.15) is 24.2 Å². The van der Waals surface area contributed by atoms with Crippen molar-refractivity contribution in [2.24, 2.45) is 0 Å². The van der Waals surface area contributed by atoms with E-state index in [4.69, 9.17) is 9.47 Å². The van der Waals surface area contributed by atoms with Crippen LogP contribution in [0.15, 0.2) is 72.8 Å². The molecule has 5 nitrogen and oxygen atoms in total. The van der Waals surface area contributed by atoms with Crippen molar-refractivity contribution in [1.82, 2.24) is 10.2 Å². The van der Waals surface area contributed by atoms with Gasteiger partial charge in [0.05, 0.1) is 7.11 Å². The maximum atomic E-state index is 10.6. The van der Waals surface area contributed by atoms with E-state index in [1.54, 1.807) is 7.11 Å². The van der Waals surface area contributed by atoms with Gasteiger partial charge in [0.25, 0.3) is 0 Å². The number of aliphatic hydroxyl groups excluding tert-OH is 1. The maximum absolute atomic E-state index is 10.6. The van der Waals surface area contributed by atoms with Crippen molar-refractivity contribution in [2.45, 2.75) is 32.0 Å². The SMILES string of the molecule is COc1cccc(CCNCc2ccccc2OC[C@H](O)CN2CCc3ccccc3C2)c1. The van der Waals surface area contributed by atoms with Gasteiger partial charge in [-0.05, 0) is 54.3 Å². The van der Waals surface area contributed by atoms with Crippen molar-refractivity contribution in [3.63, 3.8) is 0 Å². The number of hydrogen-bond acceptors (Lipinski definition) is 5. The number of benzene rings is 3. The van der Waals surface area contributed by atoms with Crippen molar-refractivity contribution in [3.05, 3.63) is 95.1 Å². The molecule has 174 valence electrons. The largest absolute Gasteiger partial charge is 0.497 e. The standard InChI is InChI=1S/C28H34N2O3/c1-32-27-11-6-7-22(17-27)13-15-29-18-24-9-4-5-12-28(24)33-21-26(31)20-30-16-14-23-8-2-3-10-25(23)19-30/h2-12,17,26,29,31H,13-16,18-21H2,1H3/t26-/m1/s1. The quantitative estimate of drug-likeness (QED) is 0.439. The van der Waals surface area contributed by atoms with Gasteiger partial charge in [-0.2, -0.15) is 0 Å². The van der Waals surface area contributed by atoms with Crippen LogP contribution in [0.25, 0.3) is 0 Å². The predicted molar refractivity (Wildman–Crippen MR) is 132 cm³/mol. The van der Waals surface area contributed by atoms with Crippen molar-refractivity contribution >= 4 is 0 Å². The van der Waals surface area contributed by atoms with Crippen molar-refractivity contribution < 1.29 is 14.6 Å². The molecule has 1 atom stereocenters. The molecule has 1 aliphatic rings. The molecule has 5 heteroatoms. The Balaban J connectivity index is 1.22. The molecule has 3 aromatic rings. The molecule has 3 aromatic carbocycles. The fraction of sp³-hybridized carbons (Fsp3) is 0.357. The molecule has 0 saturated heterocycles. The first-order valence-electron chi connectivity index (χ1n) is 11.7. The van der Waals surface area contributed by atoms with Crippen LogP contribution in [-0.4, -0.2) is 49.5 Å². The number of aliphatic hydroxyl groups is 1. The zero-order valence-electron chi connectivity index (χ0n) is 19.4. The van der Waals surface area contributed by atoms with Crippen molar-refractivity contribution in [2.75, 3.05) is 33.4 Å². The molecule has 0 radical (unpaired) electrons. The number of nitrogens with zero attached hydrogens (tertiary/aromatic N) is 1. The summed E-state index contributed by atoms with van der Waals surface area (Å²) in [5.41, 5.74) is 5.13. The van der Waals surface area contributed by atoms with Crippen LogP contribution in [0.1, 0.15) is 22.3 Å². The van der Waals surface area contributed by atoms with Gasteiger partial charge in [-0.1, -0.05) is 54.6 Å². The maximum Gasteiger partial charge on any atom is 0.123 e. The third-order valence-electron chi connectivity index (χ3n) is 6.12. The molecule has 0 bridgehead atoms. The van der Waals surface area contributed by atoms with E-state index < -0.39 is 6.10 Å². The molecule has 0 amide bonds. The highest BCUT2D eigenvalue weighted by Crippen LogP contribution is 2.20. The van der Waals surface area contributed by atoms with Gasteiger partial charge in [0.15, 0.2) is 0 Å². The van der Waals surface area contributed by atoms with Gasteiger partial charge in [0, 0.05) is 31.7 Å². The van der Waals surface area contributed by atoms with Gasteiger partial charge < -0.3 is 19.9 Å². The second-order valence-electron chi connectivity index (χ2n) is 8.60. The Morgan fingerprint density at radius 1 is 1.00 bits per heavy atom. The summed E-state index contributed by atoms with van der Waals surface area (Å²) in [5.74, 6) is 1.72. The molecular weight excluding hydrogens is 412 g/mol. The van der Waals surface area contributed by atoms with Crippen LogP contribution < -0.4 is 14.8 Å². The molecule has 0 aliphatic carbocycles. The summed E-state index contributed by atoms with van der Waals surface area (Å²) < 4.78 is 11.3. The topological polar surface area (TPSA) is 54.0 Å². The zero-order valence-corrected chi connectivity index (χ0v) is 19.4. The molecule has 4 rings (SSSR count). The summed E-state index contributed by atoms with van der Waals surface area (Å²) in [6.45, 7) is 4.36. The van der Waals surface area contributed by atoms with E-state index in [1.807, 2.05) is 30.3 Å². The monoisotopic (exact) mass is 446 g/mol. The lowest BCUT2D eigenvalue weighted by atomic mass is 10.00. The van der Waals surface area contributed by atoms with E-state index in [1.165, 1.54) is 16.7 Å². The summed E-state index contributed by atoms with van der Waals surface area (Å²) in [5, 5.41) is 14.1. The first-order chi connectivity index (χ1) is 16.2. The van der Waals surface area contributed by atoms with E-state index in [2.05, 4.69) is 52.7 Å². The molecule has 0 fully saturated rings. The second-order valence-corrected chi connectivity index (χ2v) is 8.60. The zero-order chi connectivity index (χ0) is 22.9. The molecule has 0 unspecified atom stereocenters. The number of rotatable bonds is 11. The molecule has 0 spiro atoms. The summed E-state index contributed by atoms with van der Waals surface area (Å²) >= 11 is 0. The fourth-order valence-corrected chi connectivity index (χ4v) is 4.32. The van der Waals surface area contributed by atoms with Crippen LogP contribution in [0.4, 0.5) is 0 Å². The molecular formula is C28H34N2O3. The molecule has 0 saturated carbocycles. The summed E-state index contributed by atoms with van der Waals surface area (Å²) in [6, 6.07) is 24.8. The lowest BCUT2D eigenvalue weighted by Gasteiger charge is -2.30. The van der Waals surface area contributed by atoms with E-state index in [-0.39, 0.29) is 0 Å². The number of β-amino-alcohol motifs (C(OH)–C–C–N with tert-alkyl or cyclic N) is 1. The average Bonchev–Trinajstić information content (AvgIpc) is 2.86. The van der Waals surface area contributed by atoms with Crippen LogP contribution in [0, 0.1) is 0 Å². The van der Waals surface area contributed by atoms with E-state index in [0.29, 0.717) is 13.2 Å². The van der Waals surface area contributed by atoms with Gasteiger partial charge in [-0.3, -0.25) is 4.90 Å². The Morgan fingerprint density at radius 2 is 1.82 bits per heavy atom. The Bertz CT molecular complexity index is 1020. The Kier molecular flexibility index (Phi) is 8.36. The van der Waals surface area contributed by atoms with Gasteiger partial charge in [-0.25, -0.2) is 0 Å². The van der Waals surface area contributed by atoms with Gasteiger partial charge in [0.2, 0.25) is 0 Å². The Morgan fingerprint density at radius 3 is 2.70 bits per heavy atom. The molecule has 0 aromatic heterocycles. The minimum atomic E-state index is -0.524. The summed E-state index contributed by atoms with van der Waals surface area (Å²) in [7, 11) is 1.69. The van der Waals surface area contributed by atoms with Crippen molar-refractivity contribution in [1.29, 1.82) is 0 Å². The van der Waals surface area contributed by atoms with E-state index >= 15 is 0 Å². The highest BCUT2D eigenvalue weighted by atomic mass is 16.5. The van der Waals surface area contributed by atoms with Crippen LogP contribution in [0.3, 0.4) is 0 Å². The third kappa shape index (κ3) is 6.81. The Hall–Kier alpha value is -2.86. The first kappa shape index (κ1) is 23.3. The molecule has 1 heterocycles. The fourth-order valence-electron chi connectivity index (χ4n) is 4.32. The Labute approximate surface area is 197 Å². The number of hydrogen-bond donors (Lipinski definition) is 2. The number of fused-ring (bicyclic) bond motifs is 1. The smallest absolute Gasteiger partial charge is 0.123 e. The molecule has 33 heavy (non-hydrogen) atoms. The highest BCUT2D eigenvalue weighted by molar-refractivity contribution is 5.33. The van der Waals surface area contributed by atoms with Crippen LogP contribution >= 0.6 is 0 Å². The van der Waals surface area contributed by atoms with E-state index in [9.17, 15) is 5.11 Å². The number of nitrogens with one attached hydrogen (secondary N) is 1. The number of ether oxygens (including phenoxy) is 2. The minimum Gasteiger partial charge on any atom is -0.497 e. The first-order valence-corrected chi connectivity index (χ1v) is 11.7. The predicted octanol–water partition coefficient (Wildman–Crippen LogP) is 3.83. The van der Waals surface area contributed by atoms with Crippen molar-refractivity contribution in [3.8, 4) is 11.5 Å². The number of methoxy groups -OCH3 is 1. The van der Waals surface area contributed by atoms with Crippen LogP contribution in [0.5, 0.6) is 11.5 Å². The second kappa shape index (κ2) is 11.8. The van der Waals surface area contributed by atoms with Crippen LogP contribution in [-0.2, 0) is 25.9 Å². The summed E-state index contributed by atoms with van der Waals surface area (Å²) in [6.07, 6.45) is 1.44.